The van der Waals surface area contributed by atoms with E-state index in [2.05, 4.69) is 57.7 Å². The molecule has 9 amide bonds. The largest absolute Gasteiger partial charge is 0.490 e. The quantitative estimate of drug-likeness (QED) is 0.0127. The smallest absolute Gasteiger partial charge is 0.475 e. The lowest BCUT2D eigenvalue weighted by Gasteiger charge is -2.29. The molecule has 0 aliphatic carbocycles. The number of benzene rings is 2. The number of anilines is 1. The van der Waals surface area contributed by atoms with Crippen LogP contribution in [0.4, 0.5) is 19.0 Å². The molecule has 34 heteroatoms. The van der Waals surface area contributed by atoms with Gasteiger partial charge in [-0.1, -0.05) is 88.2 Å². The van der Waals surface area contributed by atoms with Gasteiger partial charge in [-0.05, 0) is 126 Å². The SMILES string of the molecule is CCC/C(=C/CCCCCC(=O)NCCNC(=O)c1ccc(N/N=C/c2ccccc2S(=O)(=O)O)nc1)NC(=O)[C@H](CC(C)C)NC(=O)[C@H](CCc1ccccc1)NC(=O)CNC(=O)[C@H](CCCCN=C(N)N)NC(=O)[C@@H]1CCCN1C(=O)CN(CCCCN)C(C)=O.O=C(O)C(F)(F)F. The van der Waals surface area contributed by atoms with Crippen LogP contribution in [0, 0.1) is 5.92 Å². The molecule has 4 atom stereocenters. The van der Waals surface area contributed by atoms with E-state index >= 15 is 0 Å². The number of carbonyl (C=O) groups is 10. The number of nitrogens with two attached hydrogens (primary N) is 3. The number of aromatic nitrogens is 1. The summed E-state index contributed by atoms with van der Waals surface area (Å²) in [6.07, 6.45) is 7.60. The van der Waals surface area contributed by atoms with Crippen molar-refractivity contribution < 1.29 is 79.2 Å². The maximum absolute atomic E-state index is 14.3. The van der Waals surface area contributed by atoms with E-state index in [0.717, 1.165) is 24.8 Å². The van der Waals surface area contributed by atoms with Gasteiger partial charge in [0.15, 0.2) is 5.96 Å². The summed E-state index contributed by atoms with van der Waals surface area (Å²) in [4.78, 5) is 141. The Kier molecular flexibility index (Phi) is 38.2. The molecule has 2 aromatic carbocycles. The van der Waals surface area contributed by atoms with Gasteiger partial charge in [-0.3, -0.25) is 58.1 Å². The number of hydrogen-bond acceptors (Lipinski definition) is 17. The van der Waals surface area contributed by atoms with E-state index in [9.17, 15) is 69.3 Å². The van der Waals surface area contributed by atoms with Crippen LogP contribution in [0.25, 0.3) is 0 Å². The summed E-state index contributed by atoms with van der Waals surface area (Å²) in [6.45, 7) is 8.13. The number of hydrazone groups is 1. The van der Waals surface area contributed by atoms with Crippen molar-refractivity contribution in [2.24, 2.45) is 33.2 Å². The van der Waals surface area contributed by atoms with Crippen LogP contribution in [0.2, 0.25) is 0 Å². The van der Waals surface area contributed by atoms with Crippen molar-refractivity contribution in [1.29, 1.82) is 0 Å². The van der Waals surface area contributed by atoms with E-state index < -0.39 is 94.3 Å². The zero-order valence-corrected chi connectivity index (χ0v) is 57.8. The number of nitrogens with zero attached hydrogens (tertiary/aromatic N) is 5. The normalized spacial score (nSPS) is 13.9. The lowest BCUT2D eigenvalue weighted by Crippen LogP contribution is -2.56. The zero-order chi connectivity index (χ0) is 74.2. The molecule has 100 heavy (non-hydrogen) atoms. The fraction of sp³-hybridized carbons (Fsp3) is 0.530. The highest BCUT2D eigenvalue weighted by Gasteiger charge is 2.39. The number of rotatable bonds is 42. The molecule has 2 heterocycles. The maximum Gasteiger partial charge on any atom is 0.490 e. The van der Waals surface area contributed by atoms with Gasteiger partial charge in [0, 0.05) is 63.5 Å². The Balaban J connectivity index is 0.00000351. The highest BCUT2D eigenvalue weighted by Crippen LogP contribution is 2.20. The standard InChI is InChI=1S/C64H96N16O12S.C2HF3O2/c1-5-20-49(24-11-6-7-12-28-56(82)68-35-36-69-59(85)48-30-32-55(71-40-48)78-73-41-47-23-13-14-27-54(47)93(90,91)92)74-62(88)52(39-44(2)3)77-61(87)51(31-29-46-21-9-8-10-22-46)75-57(83)42-72-60(86)50(25-15-17-34-70-64(66)67)76-63(89)53-26-19-38-80(53)58(84)43-79(45(4)81)37-18-16-33-65;3-2(4,5)1(6)7/h8-10,13-14,21-24,27,30,32,40-41,44,50-53H,5-7,11-12,15-20,25-26,28-29,31,33-39,42-43,65H2,1-4H3,(H,68,82)(H,69,85)(H,71,78)(H,72,86)(H,74,88)(H,75,83)(H,76,89)(H,77,87)(H4,66,67,70)(H,90,91,92);(H,6,7)/b49-24-,73-41+;/t50-,51-,52-,53-;/m0./s1. The number of halogens is 3. The number of carboxylic acid groups (broad SMARTS) is 1. The van der Waals surface area contributed by atoms with Gasteiger partial charge in [0.2, 0.25) is 47.3 Å². The molecule has 1 aliphatic rings. The lowest BCUT2D eigenvalue weighted by atomic mass is 10.0. The van der Waals surface area contributed by atoms with Gasteiger partial charge in [-0.25, -0.2) is 9.78 Å². The van der Waals surface area contributed by atoms with Gasteiger partial charge in [0.1, 0.15) is 34.9 Å². The number of aliphatic imine (C=N–C) groups is 1. The third-order valence-corrected chi connectivity index (χ3v) is 16.1. The summed E-state index contributed by atoms with van der Waals surface area (Å²) in [5.41, 5.74) is 21.3. The Hall–Kier alpha value is -9.57. The average molecular weight is 1430 g/mol. The Morgan fingerprint density at radius 3 is 2.12 bits per heavy atom. The van der Waals surface area contributed by atoms with Gasteiger partial charge in [-0.15, -0.1) is 0 Å². The number of alkyl halides is 3. The summed E-state index contributed by atoms with van der Waals surface area (Å²) in [6, 6.07) is 14.0. The van der Waals surface area contributed by atoms with Crippen molar-refractivity contribution in [3.05, 3.63) is 101 Å². The van der Waals surface area contributed by atoms with E-state index in [1.807, 2.05) is 57.2 Å². The number of aliphatic carboxylic acids is 1. The van der Waals surface area contributed by atoms with Crippen molar-refractivity contribution >= 4 is 87.2 Å². The van der Waals surface area contributed by atoms with E-state index in [1.165, 1.54) is 59.5 Å². The van der Waals surface area contributed by atoms with E-state index in [4.69, 9.17) is 27.1 Å². The summed E-state index contributed by atoms with van der Waals surface area (Å²) in [5, 5.41) is 30.7. The molecule has 4 rings (SSSR count). The van der Waals surface area contributed by atoms with Crippen molar-refractivity contribution in [2.75, 3.05) is 57.8 Å². The molecular weight excluding hydrogens is 1330 g/mol. The highest BCUT2D eigenvalue weighted by molar-refractivity contribution is 7.86. The van der Waals surface area contributed by atoms with Crippen LogP contribution in [0.15, 0.2) is 99.7 Å². The van der Waals surface area contributed by atoms with Crippen LogP contribution in [0.1, 0.15) is 152 Å². The number of amides is 9. The molecule has 30 nitrogen and oxygen atoms in total. The second-order valence-electron chi connectivity index (χ2n) is 23.9. The number of carboxylic acids is 1. The minimum absolute atomic E-state index is 0.0229. The predicted molar refractivity (Wildman–Crippen MR) is 368 cm³/mol. The van der Waals surface area contributed by atoms with Crippen molar-refractivity contribution in [1.82, 2.24) is 52.0 Å². The Morgan fingerprint density at radius 2 is 1.48 bits per heavy atom. The molecule has 0 bridgehead atoms. The summed E-state index contributed by atoms with van der Waals surface area (Å²) < 4.78 is 64.4. The van der Waals surface area contributed by atoms with Crippen LogP contribution in [-0.4, -0.2) is 187 Å². The lowest BCUT2D eigenvalue weighted by molar-refractivity contribution is -0.192. The number of carbonyl (C=O) groups excluding carboxylic acids is 9. The first-order valence-electron chi connectivity index (χ1n) is 33.1. The summed E-state index contributed by atoms with van der Waals surface area (Å²) >= 11 is 0. The van der Waals surface area contributed by atoms with Gasteiger partial charge in [-0.2, -0.15) is 26.7 Å². The topological polar surface area (TPSA) is 464 Å². The first-order chi connectivity index (χ1) is 47.4. The van der Waals surface area contributed by atoms with Gasteiger partial charge in [0.05, 0.1) is 24.9 Å². The molecule has 1 aliphatic heterocycles. The molecule has 0 spiro atoms. The van der Waals surface area contributed by atoms with Crippen LogP contribution < -0.4 is 59.8 Å². The third-order valence-electron chi connectivity index (χ3n) is 15.2. The Bertz CT molecular complexity index is 3360. The Morgan fingerprint density at radius 1 is 0.790 bits per heavy atom. The number of nitrogens with one attached hydrogen (secondary N) is 8. The molecule has 0 radical (unpaired) electrons. The van der Waals surface area contributed by atoms with Gasteiger partial charge < -0.3 is 69.3 Å². The number of pyridine rings is 1. The fourth-order valence-corrected chi connectivity index (χ4v) is 10.8. The molecule has 552 valence electrons. The van der Waals surface area contributed by atoms with Gasteiger partial charge >= 0.3 is 12.1 Å². The Labute approximate surface area is 580 Å². The van der Waals surface area contributed by atoms with Crippen molar-refractivity contribution in [2.45, 2.75) is 172 Å². The summed E-state index contributed by atoms with van der Waals surface area (Å²) in [7, 11) is -4.45. The number of likely N-dealkylation sites (tertiary alicyclic amines) is 1. The number of hydrogen-bond donors (Lipinski definition) is 13. The monoisotopic (exact) mass is 1430 g/mol. The maximum atomic E-state index is 14.3. The minimum atomic E-state index is -5.08. The van der Waals surface area contributed by atoms with E-state index in [0.29, 0.717) is 83.0 Å². The molecule has 3 aromatic rings. The highest BCUT2D eigenvalue weighted by atomic mass is 32.2. The van der Waals surface area contributed by atoms with Crippen LogP contribution in [0.3, 0.4) is 0 Å². The molecule has 1 fully saturated rings. The number of unbranched alkanes of at least 4 members (excludes halogenated alkanes) is 5. The summed E-state index contributed by atoms with van der Waals surface area (Å²) in [5.74, 6) is -6.84. The fourth-order valence-electron chi connectivity index (χ4n) is 10.1. The molecule has 0 unspecified atom stereocenters. The first-order valence-corrected chi connectivity index (χ1v) is 34.6. The molecular formula is C66H97F3N16O14S. The molecule has 0 saturated carbocycles. The molecule has 16 N–H and O–H groups in total. The second kappa shape index (κ2) is 45.2. The number of guanidine groups is 1. The zero-order valence-electron chi connectivity index (χ0n) is 57.0. The van der Waals surface area contributed by atoms with E-state index in [1.54, 1.807) is 6.07 Å². The van der Waals surface area contributed by atoms with Crippen LogP contribution in [-0.2, 0) is 59.7 Å². The second-order valence-corrected chi connectivity index (χ2v) is 25.3. The third kappa shape index (κ3) is 33.8. The number of allylic oxidation sites excluding steroid dienone is 2. The molecule has 1 saturated heterocycles. The van der Waals surface area contributed by atoms with Gasteiger partial charge in [0.25, 0.3) is 16.0 Å². The number of aryl methyl sites for hydroxylation is 1. The average Bonchev–Trinajstić information content (AvgIpc) is 1.49. The minimum Gasteiger partial charge on any atom is -0.475 e. The first kappa shape index (κ1) is 84.7. The predicted octanol–water partition coefficient (Wildman–Crippen LogP) is 3.28. The van der Waals surface area contributed by atoms with Crippen molar-refractivity contribution in [3.8, 4) is 0 Å². The van der Waals surface area contributed by atoms with E-state index in [-0.39, 0.29) is 104 Å². The van der Waals surface area contributed by atoms with Crippen LogP contribution in [0.5, 0.6) is 0 Å². The van der Waals surface area contributed by atoms with Crippen LogP contribution >= 0.6 is 0 Å². The molecule has 1 aromatic heterocycles. The van der Waals surface area contributed by atoms with Crippen molar-refractivity contribution in [3.63, 3.8) is 0 Å².